The molecule has 0 unspecified atom stereocenters. The highest BCUT2D eigenvalue weighted by molar-refractivity contribution is 6.34. The molecule has 12 nitrogen and oxygen atoms in total. The fourth-order valence-electron chi connectivity index (χ4n) is 6.06. The van der Waals surface area contributed by atoms with Crippen molar-refractivity contribution in [1.82, 2.24) is 15.2 Å². The maximum Gasteiger partial charge on any atom is 0.239 e. The lowest BCUT2D eigenvalue weighted by Crippen LogP contribution is -2.52. The van der Waals surface area contributed by atoms with Crippen LogP contribution in [-0.2, 0) is 33.0 Å². The number of carbonyl (C=O) groups is 2. The van der Waals surface area contributed by atoms with E-state index in [-0.39, 0.29) is 25.7 Å². The number of benzene rings is 2. The lowest BCUT2D eigenvalue weighted by Gasteiger charge is -2.30. The third kappa shape index (κ3) is 10.2. The maximum absolute atomic E-state index is 13.0. The number of aliphatic hydroxyl groups excluding tert-OH is 5. The van der Waals surface area contributed by atoms with Crippen molar-refractivity contribution in [2.45, 2.75) is 94.1 Å². The standard InChI is InChI=1S/C38H47Cl2N3O9/c1-41-34(47)20-43(19-31(45)36(49)37(50)32(46)21-44)35(48)9-5-2-6-23-16-30(40)24(17-29(23)39)22-51-38(13-14-38)28-18-42-15-12-26(28)27-7-3-4-8-33(27)52-25-10-11-25/h3-4,7-8,12,15-18,25,31-32,36-37,44-46,49-50H,2,5-6,9-11,13-14,19-22H2,1H3,(H,41,47)/t31-,32+,36+,37+/m1/s1. The zero-order valence-electron chi connectivity index (χ0n) is 29.1. The highest BCUT2D eigenvalue weighted by Gasteiger charge is 2.48. The molecule has 0 saturated heterocycles. The maximum atomic E-state index is 13.0. The molecular formula is C38H47Cl2N3O9. The first-order chi connectivity index (χ1) is 25.0. The summed E-state index contributed by atoms with van der Waals surface area (Å²) >= 11 is 13.4. The normalized spacial score (nSPS) is 17.2. The topological polar surface area (TPSA) is 182 Å². The average molecular weight is 761 g/mol. The molecule has 0 bridgehead atoms. The number of amides is 2. The molecule has 1 aromatic heterocycles. The van der Waals surface area contributed by atoms with Crippen molar-refractivity contribution in [3.8, 4) is 16.9 Å². The van der Waals surface area contributed by atoms with Crippen LogP contribution < -0.4 is 10.1 Å². The molecule has 0 radical (unpaired) electrons. The summed E-state index contributed by atoms with van der Waals surface area (Å²) in [4.78, 5) is 30.6. The van der Waals surface area contributed by atoms with E-state index in [1.165, 1.54) is 7.05 Å². The average Bonchev–Trinajstić information content (AvgIpc) is 4.10. The van der Waals surface area contributed by atoms with Crippen LogP contribution in [0.4, 0.5) is 0 Å². The van der Waals surface area contributed by atoms with Gasteiger partial charge in [-0.3, -0.25) is 14.6 Å². The molecule has 2 aliphatic carbocycles. The van der Waals surface area contributed by atoms with E-state index >= 15 is 0 Å². The van der Waals surface area contributed by atoms with Crippen LogP contribution in [0, 0.1) is 0 Å². The summed E-state index contributed by atoms with van der Waals surface area (Å²) in [5.41, 5.74) is 4.11. The van der Waals surface area contributed by atoms with E-state index < -0.39 is 55.0 Å². The van der Waals surface area contributed by atoms with E-state index in [0.717, 1.165) is 64.1 Å². The monoisotopic (exact) mass is 759 g/mol. The summed E-state index contributed by atoms with van der Waals surface area (Å²) in [6, 6.07) is 13.7. The Morgan fingerprint density at radius 1 is 0.981 bits per heavy atom. The van der Waals surface area contributed by atoms with E-state index in [1.807, 2.05) is 42.6 Å². The predicted molar refractivity (Wildman–Crippen MR) is 195 cm³/mol. The molecule has 0 spiro atoms. The van der Waals surface area contributed by atoms with E-state index in [1.54, 1.807) is 6.20 Å². The first kappa shape index (κ1) is 39.9. The number of aliphatic hydroxyl groups is 5. The summed E-state index contributed by atoms with van der Waals surface area (Å²) < 4.78 is 12.8. The van der Waals surface area contributed by atoms with Crippen molar-refractivity contribution in [1.29, 1.82) is 0 Å². The molecule has 1 heterocycles. The number of ether oxygens (including phenoxy) is 2. The number of hydrogen-bond donors (Lipinski definition) is 6. The van der Waals surface area contributed by atoms with Gasteiger partial charge in [-0.25, -0.2) is 0 Å². The number of halogens is 2. The van der Waals surface area contributed by atoms with Crippen molar-refractivity contribution in [3.63, 3.8) is 0 Å². The Labute approximate surface area is 313 Å². The smallest absolute Gasteiger partial charge is 0.239 e. The number of nitrogens with zero attached hydrogens (tertiary/aromatic N) is 2. The molecule has 2 fully saturated rings. The predicted octanol–water partition coefficient (Wildman–Crippen LogP) is 3.53. The number of rotatable bonds is 20. The molecule has 282 valence electrons. The molecule has 3 aromatic rings. The van der Waals surface area contributed by atoms with Gasteiger partial charge in [0.1, 0.15) is 30.2 Å². The van der Waals surface area contributed by atoms with Gasteiger partial charge in [0.25, 0.3) is 0 Å². The van der Waals surface area contributed by atoms with E-state index in [4.69, 9.17) is 37.8 Å². The summed E-state index contributed by atoms with van der Waals surface area (Å²) in [6.45, 7) is -1.44. The fraction of sp³-hybridized carbons (Fsp3) is 0.500. The van der Waals surface area contributed by atoms with Crippen molar-refractivity contribution in [3.05, 3.63) is 81.6 Å². The Morgan fingerprint density at radius 3 is 2.37 bits per heavy atom. The third-order valence-corrected chi connectivity index (χ3v) is 10.2. The molecule has 5 rings (SSSR count). The van der Waals surface area contributed by atoms with Crippen molar-refractivity contribution >= 4 is 35.0 Å². The fourth-order valence-corrected chi connectivity index (χ4v) is 6.58. The van der Waals surface area contributed by atoms with Crippen LogP contribution >= 0.6 is 23.2 Å². The van der Waals surface area contributed by atoms with Crippen LogP contribution in [0.15, 0.2) is 54.9 Å². The Morgan fingerprint density at radius 2 is 1.67 bits per heavy atom. The van der Waals surface area contributed by atoms with Crippen molar-refractivity contribution in [2.75, 3.05) is 26.7 Å². The molecule has 2 saturated carbocycles. The highest BCUT2D eigenvalue weighted by atomic mass is 35.5. The molecule has 0 aliphatic heterocycles. The second kappa shape index (κ2) is 18.1. The van der Waals surface area contributed by atoms with Gasteiger partial charge in [-0.2, -0.15) is 0 Å². The van der Waals surface area contributed by atoms with Gasteiger partial charge in [-0.15, -0.1) is 0 Å². The van der Waals surface area contributed by atoms with Gasteiger partial charge in [-0.05, 0) is 85.9 Å². The van der Waals surface area contributed by atoms with Crippen LogP contribution in [-0.4, -0.2) is 104 Å². The number of nitrogens with one attached hydrogen (secondary N) is 1. The molecule has 2 aromatic carbocycles. The molecule has 2 amide bonds. The Bertz CT molecular complexity index is 1690. The zero-order valence-corrected chi connectivity index (χ0v) is 30.6. The number of hydrogen-bond acceptors (Lipinski definition) is 10. The molecule has 4 atom stereocenters. The number of aryl methyl sites for hydroxylation is 1. The van der Waals surface area contributed by atoms with Gasteiger partial charge in [0.2, 0.25) is 11.8 Å². The quantitative estimate of drug-likeness (QED) is 0.0933. The molecule has 6 N–H and O–H groups in total. The van der Waals surface area contributed by atoms with Crippen LogP contribution in [0.25, 0.3) is 11.1 Å². The highest BCUT2D eigenvalue weighted by Crippen LogP contribution is 2.53. The minimum Gasteiger partial charge on any atom is -0.490 e. The van der Waals surface area contributed by atoms with Crippen molar-refractivity contribution < 1.29 is 44.6 Å². The zero-order chi connectivity index (χ0) is 37.4. The second-order valence-electron chi connectivity index (χ2n) is 13.5. The van der Waals surface area contributed by atoms with Crippen LogP contribution in [0.1, 0.15) is 61.6 Å². The largest absolute Gasteiger partial charge is 0.490 e. The van der Waals surface area contributed by atoms with Gasteiger partial charge < -0.3 is 45.2 Å². The van der Waals surface area contributed by atoms with Crippen LogP contribution in [0.3, 0.4) is 0 Å². The van der Waals surface area contributed by atoms with Gasteiger partial charge in [-0.1, -0.05) is 41.4 Å². The first-order valence-corrected chi connectivity index (χ1v) is 18.3. The minimum absolute atomic E-state index is 0.0362. The van der Waals surface area contributed by atoms with Gasteiger partial charge in [0, 0.05) is 53.6 Å². The molecular weight excluding hydrogens is 713 g/mol. The van der Waals surface area contributed by atoms with Gasteiger partial charge in [0.15, 0.2) is 0 Å². The first-order valence-electron chi connectivity index (χ1n) is 17.6. The Hall–Kier alpha value is -3.33. The summed E-state index contributed by atoms with van der Waals surface area (Å²) in [5, 5.41) is 52.6. The van der Waals surface area contributed by atoms with Crippen LogP contribution in [0.2, 0.25) is 10.0 Å². The van der Waals surface area contributed by atoms with Gasteiger partial charge >= 0.3 is 0 Å². The molecule has 14 heteroatoms. The van der Waals surface area contributed by atoms with Crippen molar-refractivity contribution in [2.24, 2.45) is 0 Å². The van der Waals surface area contributed by atoms with Gasteiger partial charge in [0.05, 0.1) is 31.5 Å². The minimum atomic E-state index is -1.86. The number of pyridine rings is 1. The lowest BCUT2D eigenvalue weighted by molar-refractivity contribution is -0.143. The number of para-hydroxylation sites is 1. The van der Waals surface area contributed by atoms with E-state index in [9.17, 15) is 30.0 Å². The SMILES string of the molecule is CNC(=O)CN(C[C@@H](O)[C@H](O)[C@@H](O)[C@@H](O)CO)C(=O)CCCCc1cc(Cl)c(COC2(c3cnccc3-c3ccccc3OC3CC3)CC2)cc1Cl. The van der Waals surface area contributed by atoms with E-state index in [2.05, 4.69) is 16.4 Å². The number of likely N-dealkylation sites (N-methyl/N-ethyl adjacent to an activating group) is 1. The molecule has 52 heavy (non-hydrogen) atoms. The third-order valence-electron chi connectivity index (χ3n) is 9.52. The van der Waals surface area contributed by atoms with E-state index in [0.29, 0.717) is 29.3 Å². The summed E-state index contributed by atoms with van der Waals surface area (Å²) in [6.07, 6.45) is 2.21. The number of carbonyl (C=O) groups excluding carboxylic acids is 2. The lowest BCUT2D eigenvalue weighted by atomic mass is 9.96. The van der Waals surface area contributed by atoms with Crippen LogP contribution in [0.5, 0.6) is 5.75 Å². The summed E-state index contributed by atoms with van der Waals surface area (Å²) in [7, 11) is 1.40. The Balaban J connectivity index is 1.16. The molecule has 2 aliphatic rings. The Kier molecular flexibility index (Phi) is 13.9. The number of aromatic nitrogens is 1. The second-order valence-corrected chi connectivity index (χ2v) is 14.3. The summed E-state index contributed by atoms with van der Waals surface area (Å²) in [5.74, 6) is -0.0856. The number of unbranched alkanes of at least 4 members (excludes halogenated alkanes) is 1.